The molecule has 41 heavy (non-hydrogen) atoms. The minimum atomic E-state index is -4.53. The van der Waals surface area contributed by atoms with E-state index in [1.807, 2.05) is 54.3 Å². The molecule has 1 aromatic heterocycles. The summed E-state index contributed by atoms with van der Waals surface area (Å²) in [5.41, 5.74) is 1.39. The number of nitrogens with zero attached hydrogens (tertiary/aromatic N) is 3. The fourth-order valence-electron chi connectivity index (χ4n) is 5.79. The average molecular weight is 564 g/mol. The van der Waals surface area contributed by atoms with Crippen molar-refractivity contribution in [2.45, 2.75) is 43.8 Å². The number of hydrogen-bond donors (Lipinski definition) is 2. The van der Waals surface area contributed by atoms with Crippen LogP contribution in [0.2, 0.25) is 0 Å². The van der Waals surface area contributed by atoms with Crippen molar-refractivity contribution in [2.75, 3.05) is 37.7 Å². The standard InChI is InChI=1S/C31H32F3N5O2/c1-2-41-28-26(4-3-14-37-28)21-5-7-23(8-6-21)30(29(40)38-25-11-15-36-20-25)12-16-39(17-13-30)27-10-9-24(31(32,33)34)18-22(27)19-35/h3-10,14,18,25,36H,2,11-13,15-17,20H2,1H3,(H,38,40)/t25-/m1/s1. The van der Waals surface area contributed by atoms with Gasteiger partial charge in [-0.1, -0.05) is 24.3 Å². The first-order chi connectivity index (χ1) is 19.7. The third kappa shape index (κ3) is 5.86. The van der Waals surface area contributed by atoms with Gasteiger partial charge in [-0.05, 0) is 74.2 Å². The number of ether oxygens (including phenoxy) is 1. The Balaban J connectivity index is 1.43. The van der Waals surface area contributed by atoms with Gasteiger partial charge in [0.1, 0.15) is 6.07 Å². The molecule has 2 fully saturated rings. The van der Waals surface area contributed by atoms with E-state index < -0.39 is 17.2 Å². The molecule has 2 N–H and O–H groups in total. The lowest BCUT2D eigenvalue weighted by atomic mass is 9.71. The van der Waals surface area contributed by atoms with Crippen LogP contribution in [0.25, 0.3) is 11.1 Å². The molecule has 2 saturated heterocycles. The summed E-state index contributed by atoms with van der Waals surface area (Å²) < 4.78 is 45.4. The van der Waals surface area contributed by atoms with Crippen LogP contribution in [0.15, 0.2) is 60.8 Å². The number of rotatable bonds is 7. The molecule has 0 bridgehead atoms. The monoisotopic (exact) mass is 563 g/mol. The lowest BCUT2D eigenvalue weighted by Gasteiger charge is -2.42. The molecule has 0 unspecified atom stereocenters. The number of hydrogen-bond acceptors (Lipinski definition) is 6. The molecular formula is C31H32F3N5O2. The summed E-state index contributed by atoms with van der Waals surface area (Å²) in [7, 11) is 0. The number of pyridine rings is 1. The number of benzene rings is 2. The molecule has 5 rings (SSSR count). The fraction of sp³-hybridized carbons (Fsp3) is 0.387. The Morgan fingerprint density at radius 3 is 2.59 bits per heavy atom. The van der Waals surface area contributed by atoms with Crippen molar-refractivity contribution in [2.24, 2.45) is 0 Å². The molecule has 0 aliphatic carbocycles. The molecule has 0 spiro atoms. The van der Waals surface area contributed by atoms with Crippen LogP contribution < -0.4 is 20.3 Å². The van der Waals surface area contributed by atoms with Crippen LogP contribution in [0.4, 0.5) is 18.9 Å². The lowest BCUT2D eigenvalue weighted by Crippen LogP contribution is -2.54. The average Bonchev–Trinajstić information content (AvgIpc) is 3.50. The third-order valence-corrected chi connectivity index (χ3v) is 8.03. The quantitative estimate of drug-likeness (QED) is 0.418. The number of alkyl halides is 3. The van der Waals surface area contributed by atoms with Gasteiger partial charge in [-0.15, -0.1) is 0 Å². The molecule has 1 atom stereocenters. The molecular weight excluding hydrogens is 531 g/mol. The molecule has 0 saturated carbocycles. The molecule has 2 aromatic carbocycles. The number of anilines is 1. The lowest BCUT2D eigenvalue weighted by molar-refractivity contribution is -0.137. The summed E-state index contributed by atoms with van der Waals surface area (Å²) in [5.74, 6) is 0.491. The molecule has 3 heterocycles. The van der Waals surface area contributed by atoms with Gasteiger partial charge >= 0.3 is 6.18 Å². The first-order valence-corrected chi connectivity index (χ1v) is 13.8. The maximum absolute atomic E-state index is 13.9. The van der Waals surface area contributed by atoms with Crippen molar-refractivity contribution in [1.29, 1.82) is 5.26 Å². The van der Waals surface area contributed by atoms with Crippen molar-refractivity contribution in [3.63, 3.8) is 0 Å². The Labute approximate surface area is 237 Å². The zero-order chi connectivity index (χ0) is 29.0. The molecule has 7 nitrogen and oxygen atoms in total. The summed E-state index contributed by atoms with van der Waals surface area (Å²) in [4.78, 5) is 20.2. The van der Waals surface area contributed by atoms with E-state index in [9.17, 15) is 23.2 Å². The van der Waals surface area contributed by atoms with E-state index in [-0.39, 0.29) is 17.5 Å². The van der Waals surface area contributed by atoms with Crippen LogP contribution in [0, 0.1) is 11.3 Å². The van der Waals surface area contributed by atoms with Crippen LogP contribution in [-0.4, -0.2) is 49.7 Å². The predicted molar refractivity (Wildman–Crippen MR) is 150 cm³/mol. The van der Waals surface area contributed by atoms with Gasteiger partial charge in [0.25, 0.3) is 0 Å². The molecule has 10 heteroatoms. The molecule has 1 amide bonds. The van der Waals surface area contributed by atoms with Crippen molar-refractivity contribution in [3.05, 3.63) is 77.5 Å². The number of aromatic nitrogens is 1. The van der Waals surface area contributed by atoms with Gasteiger partial charge in [0.2, 0.25) is 11.8 Å². The second-order valence-electron chi connectivity index (χ2n) is 10.4. The van der Waals surface area contributed by atoms with Crippen LogP contribution in [0.1, 0.15) is 42.9 Å². The van der Waals surface area contributed by atoms with E-state index in [0.29, 0.717) is 50.7 Å². The minimum Gasteiger partial charge on any atom is -0.478 e. The first-order valence-electron chi connectivity index (χ1n) is 13.8. The first kappa shape index (κ1) is 28.4. The van der Waals surface area contributed by atoms with Crippen molar-refractivity contribution < 1.29 is 22.7 Å². The number of piperidine rings is 1. The number of carbonyl (C=O) groups excluding carboxylic acids is 1. The SMILES string of the molecule is CCOc1ncccc1-c1ccc(C2(C(=O)N[C@@H]3CCNC3)CCN(c3ccc(C(F)(F)F)cc3C#N)CC2)cc1. The van der Waals surface area contributed by atoms with E-state index in [1.165, 1.54) is 6.07 Å². The third-order valence-electron chi connectivity index (χ3n) is 8.03. The normalized spacial score (nSPS) is 18.5. The maximum atomic E-state index is 13.9. The van der Waals surface area contributed by atoms with Crippen LogP contribution >= 0.6 is 0 Å². The summed E-state index contributed by atoms with van der Waals surface area (Å²) in [6, 6.07) is 16.9. The smallest absolute Gasteiger partial charge is 0.416 e. The molecule has 3 aromatic rings. The van der Waals surface area contributed by atoms with E-state index in [1.54, 1.807) is 6.20 Å². The van der Waals surface area contributed by atoms with E-state index in [2.05, 4.69) is 15.6 Å². The highest BCUT2D eigenvalue weighted by Gasteiger charge is 2.44. The second kappa shape index (κ2) is 11.8. The molecule has 2 aliphatic rings. The summed E-state index contributed by atoms with van der Waals surface area (Å²) >= 11 is 0. The highest BCUT2D eigenvalue weighted by atomic mass is 19.4. The molecule has 2 aliphatic heterocycles. The Kier molecular flexibility index (Phi) is 8.18. The second-order valence-corrected chi connectivity index (χ2v) is 10.4. The van der Waals surface area contributed by atoms with Gasteiger partial charge in [0.15, 0.2) is 0 Å². The van der Waals surface area contributed by atoms with Crippen molar-refractivity contribution in [3.8, 4) is 23.1 Å². The van der Waals surface area contributed by atoms with E-state index >= 15 is 0 Å². The molecule has 0 radical (unpaired) electrons. The van der Waals surface area contributed by atoms with Crippen molar-refractivity contribution >= 4 is 11.6 Å². The van der Waals surface area contributed by atoms with Gasteiger partial charge in [-0.2, -0.15) is 18.4 Å². The van der Waals surface area contributed by atoms with E-state index in [0.717, 1.165) is 41.8 Å². The number of amides is 1. The van der Waals surface area contributed by atoms with Gasteiger partial charge in [0.05, 0.1) is 28.8 Å². The Bertz CT molecular complexity index is 1420. The minimum absolute atomic E-state index is 0.0280. The van der Waals surface area contributed by atoms with Crippen molar-refractivity contribution in [1.82, 2.24) is 15.6 Å². The summed E-state index contributed by atoms with van der Waals surface area (Å²) in [5, 5.41) is 16.1. The van der Waals surface area contributed by atoms with E-state index in [4.69, 9.17) is 4.74 Å². The zero-order valence-corrected chi connectivity index (χ0v) is 22.8. The Morgan fingerprint density at radius 2 is 1.95 bits per heavy atom. The van der Waals surface area contributed by atoms with Gasteiger partial charge in [0, 0.05) is 37.4 Å². The largest absolute Gasteiger partial charge is 0.478 e. The number of nitriles is 1. The Hall–Kier alpha value is -4.10. The zero-order valence-electron chi connectivity index (χ0n) is 22.8. The van der Waals surface area contributed by atoms with Gasteiger partial charge < -0.3 is 20.3 Å². The Morgan fingerprint density at radius 1 is 1.20 bits per heavy atom. The number of halogens is 3. The highest BCUT2D eigenvalue weighted by Crippen LogP contribution is 2.40. The predicted octanol–water partition coefficient (Wildman–Crippen LogP) is 5.05. The highest BCUT2D eigenvalue weighted by molar-refractivity contribution is 5.89. The van der Waals surface area contributed by atoms with Gasteiger partial charge in [-0.3, -0.25) is 4.79 Å². The fourth-order valence-corrected chi connectivity index (χ4v) is 5.79. The summed E-state index contributed by atoms with van der Waals surface area (Å²) in [6.07, 6.45) is -1.10. The van der Waals surface area contributed by atoms with Gasteiger partial charge in [-0.25, -0.2) is 4.98 Å². The summed E-state index contributed by atoms with van der Waals surface area (Å²) in [6.45, 7) is 4.78. The number of nitrogens with one attached hydrogen (secondary N) is 2. The maximum Gasteiger partial charge on any atom is 0.416 e. The molecule has 214 valence electrons. The number of carbonyl (C=O) groups is 1. The van der Waals surface area contributed by atoms with Crippen LogP contribution in [0.5, 0.6) is 5.88 Å². The van der Waals surface area contributed by atoms with Crippen LogP contribution in [0.3, 0.4) is 0 Å². The topological polar surface area (TPSA) is 90.3 Å². The van der Waals surface area contributed by atoms with Crippen LogP contribution in [-0.2, 0) is 16.4 Å².